The highest BCUT2D eigenvalue weighted by molar-refractivity contribution is 6.31. The van der Waals surface area contributed by atoms with Crippen LogP contribution in [0.15, 0.2) is 71.8 Å². The Morgan fingerprint density at radius 1 is 0.897 bits per heavy atom. The zero-order valence-electron chi connectivity index (χ0n) is 16.4. The highest BCUT2D eigenvalue weighted by Gasteiger charge is 2.05. The second-order valence-electron chi connectivity index (χ2n) is 6.20. The van der Waals surface area contributed by atoms with Crippen molar-refractivity contribution >= 4 is 17.8 Å². The quantitative estimate of drug-likeness (QED) is 0.395. The monoisotopic (exact) mass is 410 g/mol. The average Bonchev–Trinajstić information content (AvgIpc) is 2.76. The molecule has 0 spiro atoms. The maximum absolute atomic E-state index is 6.20. The SMILES string of the molecule is COc1ccc(CN/N=C/c2ccccc2OCc2ccccc2Cl)cc1OC. The molecule has 0 amide bonds. The summed E-state index contributed by atoms with van der Waals surface area (Å²) in [6.07, 6.45) is 1.74. The van der Waals surface area contributed by atoms with E-state index in [9.17, 15) is 0 Å². The number of halogens is 1. The lowest BCUT2D eigenvalue weighted by atomic mass is 10.2. The number of benzene rings is 3. The van der Waals surface area contributed by atoms with Gasteiger partial charge < -0.3 is 19.6 Å². The maximum Gasteiger partial charge on any atom is 0.161 e. The molecule has 0 saturated heterocycles. The third kappa shape index (κ3) is 5.65. The summed E-state index contributed by atoms with van der Waals surface area (Å²) in [6.45, 7) is 0.948. The molecule has 0 aliphatic heterocycles. The van der Waals surface area contributed by atoms with Crippen molar-refractivity contribution in [1.29, 1.82) is 0 Å². The smallest absolute Gasteiger partial charge is 0.161 e. The van der Waals surface area contributed by atoms with E-state index in [2.05, 4.69) is 10.5 Å². The average molecular weight is 411 g/mol. The van der Waals surface area contributed by atoms with Crippen LogP contribution in [0.3, 0.4) is 0 Å². The molecule has 29 heavy (non-hydrogen) atoms. The number of para-hydroxylation sites is 1. The summed E-state index contributed by atoms with van der Waals surface area (Å²) in [5.74, 6) is 2.13. The Hall–Kier alpha value is -3.18. The summed E-state index contributed by atoms with van der Waals surface area (Å²) >= 11 is 6.20. The van der Waals surface area contributed by atoms with Crippen LogP contribution in [0.25, 0.3) is 0 Å². The number of nitrogens with one attached hydrogen (secondary N) is 1. The van der Waals surface area contributed by atoms with Gasteiger partial charge in [-0.1, -0.05) is 48.0 Å². The Morgan fingerprint density at radius 3 is 2.45 bits per heavy atom. The minimum absolute atomic E-state index is 0.392. The molecule has 6 heteroatoms. The number of nitrogens with zero attached hydrogens (tertiary/aromatic N) is 1. The van der Waals surface area contributed by atoms with Crippen molar-refractivity contribution in [3.8, 4) is 17.2 Å². The summed E-state index contributed by atoms with van der Waals surface area (Å²) in [7, 11) is 3.23. The summed E-state index contributed by atoms with van der Waals surface area (Å²) in [5, 5.41) is 5.01. The third-order valence-electron chi connectivity index (χ3n) is 4.29. The molecule has 0 aliphatic rings. The fraction of sp³-hybridized carbons (Fsp3) is 0.174. The standard InChI is InChI=1S/C23H23ClN2O3/c1-27-22-12-11-17(13-23(22)28-2)14-25-26-15-18-7-4-6-10-21(18)29-16-19-8-3-5-9-20(19)24/h3-13,15,25H,14,16H2,1-2H3/b26-15+. The Kier molecular flexibility index (Phi) is 7.36. The summed E-state index contributed by atoms with van der Waals surface area (Å²) < 4.78 is 16.5. The topological polar surface area (TPSA) is 52.1 Å². The molecule has 0 fully saturated rings. The fourth-order valence-electron chi connectivity index (χ4n) is 2.73. The highest BCUT2D eigenvalue weighted by Crippen LogP contribution is 2.27. The van der Waals surface area contributed by atoms with Crippen LogP contribution in [-0.2, 0) is 13.2 Å². The third-order valence-corrected chi connectivity index (χ3v) is 4.65. The van der Waals surface area contributed by atoms with Crippen molar-refractivity contribution in [2.45, 2.75) is 13.2 Å². The number of hydrogen-bond donors (Lipinski definition) is 1. The van der Waals surface area contributed by atoms with Crippen molar-refractivity contribution in [2.24, 2.45) is 5.10 Å². The second-order valence-corrected chi connectivity index (χ2v) is 6.61. The van der Waals surface area contributed by atoms with Crippen LogP contribution < -0.4 is 19.6 Å². The van der Waals surface area contributed by atoms with E-state index < -0.39 is 0 Å². The van der Waals surface area contributed by atoms with Crippen LogP contribution in [0, 0.1) is 0 Å². The van der Waals surface area contributed by atoms with E-state index in [4.69, 9.17) is 25.8 Å². The Balaban J connectivity index is 1.60. The molecule has 0 aliphatic carbocycles. The van der Waals surface area contributed by atoms with Crippen LogP contribution in [0.4, 0.5) is 0 Å². The summed E-state index contributed by atoms with van der Waals surface area (Å²) in [4.78, 5) is 0. The lowest BCUT2D eigenvalue weighted by molar-refractivity contribution is 0.306. The Bertz CT molecular complexity index is 976. The van der Waals surface area contributed by atoms with Gasteiger partial charge >= 0.3 is 0 Å². The van der Waals surface area contributed by atoms with Gasteiger partial charge in [0.05, 0.1) is 27.0 Å². The van der Waals surface area contributed by atoms with Crippen LogP contribution in [0.5, 0.6) is 17.2 Å². The van der Waals surface area contributed by atoms with Gasteiger partial charge in [-0.25, -0.2) is 0 Å². The molecular formula is C23H23ClN2O3. The van der Waals surface area contributed by atoms with E-state index in [-0.39, 0.29) is 0 Å². The molecule has 3 aromatic rings. The lowest BCUT2D eigenvalue weighted by Crippen LogP contribution is -2.06. The maximum atomic E-state index is 6.20. The molecule has 0 bridgehead atoms. The van der Waals surface area contributed by atoms with Gasteiger partial charge in [0.1, 0.15) is 12.4 Å². The molecule has 1 N–H and O–H groups in total. The van der Waals surface area contributed by atoms with Gasteiger partial charge in [-0.3, -0.25) is 0 Å². The number of methoxy groups -OCH3 is 2. The Labute approximate surface area is 175 Å². The Morgan fingerprint density at radius 2 is 1.66 bits per heavy atom. The van der Waals surface area contributed by atoms with Gasteiger partial charge in [0.25, 0.3) is 0 Å². The number of hydrogen-bond acceptors (Lipinski definition) is 5. The van der Waals surface area contributed by atoms with E-state index in [1.54, 1.807) is 20.4 Å². The van der Waals surface area contributed by atoms with Crippen LogP contribution in [0.2, 0.25) is 5.02 Å². The number of ether oxygens (including phenoxy) is 3. The molecule has 0 unspecified atom stereocenters. The van der Waals surface area contributed by atoms with Crippen molar-refractivity contribution in [1.82, 2.24) is 5.43 Å². The van der Waals surface area contributed by atoms with Gasteiger partial charge in [-0.2, -0.15) is 5.10 Å². The first kappa shape index (κ1) is 20.6. The fourth-order valence-corrected chi connectivity index (χ4v) is 2.92. The van der Waals surface area contributed by atoms with Crippen LogP contribution >= 0.6 is 11.6 Å². The van der Waals surface area contributed by atoms with E-state index in [1.165, 1.54) is 0 Å². The summed E-state index contributed by atoms with van der Waals surface area (Å²) in [5.41, 5.74) is 5.89. The highest BCUT2D eigenvalue weighted by atomic mass is 35.5. The van der Waals surface area contributed by atoms with Gasteiger partial charge in [0, 0.05) is 16.1 Å². The van der Waals surface area contributed by atoms with Gasteiger partial charge in [0.2, 0.25) is 0 Å². The van der Waals surface area contributed by atoms with Gasteiger partial charge in [-0.05, 0) is 35.9 Å². The van der Waals surface area contributed by atoms with Crippen molar-refractivity contribution in [2.75, 3.05) is 14.2 Å². The lowest BCUT2D eigenvalue weighted by Gasteiger charge is -2.10. The van der Waals surface area contributed by atoms with Crippen molar-refractivity contribution in [3.63, 3.8) is 0 Å². The molecule has 0 radical (unpaired) electrons. The largest absolute Gasteiger partial charge is 0.493 e. The van der Waals surface area contributed by atoms with E-state index in [0.717, 1.165) is 22.4 Å². The molecule has 5 nitrogen and oxygen atoms in total. The molecule has 3 rings (SSSR count). The minimum Gasteiger partial charge on any atom is -0.493 e. The van der Waals surface area contributed by atoms with Crippen molar-refractivity contribution in [3.05, 3.63) is 88.4 Å². The summed E-state index contributed by atoms with van der Waals surface area (Å²) in [6, 6.07) is 21.1. The minimum atomic E-state index is 0.392. The predicted molar refractivity (Wildman–Crippen MR) is 116 cm³/mol. The molecular weight excluding hydrogens is 388 g/mol. The van der Waals surface area contributed by atoms with Crippen LogP contribution in [0.1, 0.15) is 16.7 Å². The van der Waals surface area contributed by atoms with E-state index in [0.29, 0.717) is 29.7 Å². The zero-order chi connectivity index (χ0) is 20.5. The molecule has 0 saturated carbocycles. The molecule has 150 valence electrons. The molecule has 3 aromatic carbocycles. The zero-order valence-corrected chi connectivity index (χ0v) is 17.1. The molecule has 0 heterocycles. The van der Waals surface area contributed by atoms with Crippen molar-refractivity contribution < 1.29 is 14.2 Å². The first-order valence-corrected chi connectivity index (χ1v) is 9.51. The van der Waals surface area contributed by atoms with Gasteiger partial charge in [0.15, 0.2) is 11.5 Å². The predicted octanol–water partition coefficient (Wildman–Crippen LogP) is 5.06. The van der Waals surface area contributed by atoms with E-state index in [1.807, 2.05) is 66.7 Å². The first-order chi connectivity index (χ1) is 14.2. The van der Waals surface area contributed by atoms with E-state index >= 15 is 0 Å². The first-order valence-electron chi connectivity index (χ1n) is 9.13. The molecule has 0 atom stereocenters. The molecule has 0 aromatic heterocycles. The number of hydrazone groups is 1. The second kappa shape index (κ2) is 10.4. The normalized spacial score (nSPS) is 10.7. The number of rotatable bonds is 9. The van der Waals surface area contributed by atoms with Gasteiger partial charge in [-0.15, -0.1) is 0 Å². The van der Waals surface area contributed by atoms with Crippen LogP contribution in [-0.4, -0.2) is 20.4 Å².